The number of ether oxygens (including phenoxy) is 1. The number of aromatic nitrogens is 1. The van der Waals surface area contributed by atoms with Crippen LogP contribution in [0.5, 0.6) is 5.75 Å². The number of benzene rings is 3. The van der Waals surface area contributed by atoms with Crippen LogP contribution < -0.4 is 10.1 Å². The molecule has 3 N–H and O–H groups in total. The Kier molecular flexibility index (Phi) is 11.3. The van der Waals surface area contributed by atoms with Gasteiger partial charge in [0.1, 0.15) is 17.5 Å². The van der Waals surface area contributed by atoms with E-state index in [1.165, 1.54) is 0 Å². The lowest BCUT2D eigenvalue weighted by Crippen LogP contribution is -2.44. The highest BCUT2D eigenvalue weighted by atomic mass is 16.5. The fourth-order valence-corrected chi connectivity index (χ4v) is 7.36. The van der Waals surface area contributed by atoms with Crippen LogP contribution in [0.25, 0.3) is 23.3 Å². The second-order valence-corrected chi connectivity index (χ2v) is 13.9. The number of carboxylic acid groups (broad SMARTS) is 1. The molecular weight excluding hydrogens is 640 g/mol. The molecule has 0 radical (unpaired) electrons. The molecule has 266 valence electrons. The zero-order chi connectivity index (χ0) is 36.1. The maximum atomic E-state index is 13.2. The van der Waals surface area contributed by atoms with Gasteiger partial charge in [0.05, 0.1) is 13.2 Å². The van der Waals surface area contributed by atoms with E-state index in [0.717, 1.165) is 93.9 Å². The third kappa shape index (κ3) is 8.39. The van der Waals surface area contributed by atoms with Crippen LogP contribution in [-0.4, -0.2) is 75.8 Å². The minimum atomic E-state index is -0.760. The van der Waals surface area contributed by atoms with Crippen molar-refractivity contribution in [1.82, 2.24) is 14.8 Å². The SMILES string of the molecule is COc1cc(/C=C/c2cccc(-c3cccc(NC(=O)c4ccc(CN5CC[C@@H](O)C5)cn4)c3C)c2C)c(C)cc1CN1CCCC[C@H]1C(=O)O. The molecule has 2 aliphatic heterocycles. The van der Waals surface area contributed by atoms with Gasteiger partial charge in [0.15, 0.2) is 0 Å². The average Bonchev–Trinajstić information content (AvgIpc) is 3.54. The number of aryl methyl sites for hydroxylation is 1. The maximum Gasteiger partial charge on any atom is 0.320 e. The maximum absolute atomic E-state index is 13.2. The monoisotopic (exact) mass is 688 g/mol. The fourth-order valence-electron chi connectivity index (χ4n) is 7.36. The summed E-state index contributed by atoms with van der Waals surface area (Å²) in [7, 11) is 1.66. The van der Waals surface area contributed by atoms with E-state index in [1.807, 2.05) is 36.1 Å². The van der Waals surface area contributed by atoms with Gasteiger partial charge in [0.2, 0.25) is 0 Å². The first-order valence-electron chi connectivity index (χ1n) is 17.8. The van der Waals surface area contributed by atoms with E-state index in [4.69, 9.17) is 4.74 Å². The van der Waals surface area contributed by atoms with Gasteiger partial charge in [-0.15, -0.1) is 0 Å². The van der Waals surface area contributed by atoms with E-state index in [1.54, 1.807) is 19.4 Å². The van der Waals surface area contributed by atoms with Gasteiger partial charge < -0.3 is 20.3 Å². The first-order chi connectivity index (χ1) is 24.6. The second kappa shape index (κ2) is 16.0. The van der Waals surface area contributed by atoms with Crippen molar-refractivity contribution >= 4 is 29.7 Å². The number of rotatable bonds is 11. The normalized spacial score (nSPS) is 18.3. The van der Waals surface area contributed by atoms with E-state index < -0.39 is 12.0 Å². The molecule has 0 aliphatic carbocycles. The number of hydrogen-bond donors (Lipinski definition) is 3. The van der Waals surface area contributed by atoms with Crippen LogP contribution in [0, 0.1) is 20.8 Å². The van der Waals surface area contributed by atoms with Crippen molar-refractivity contribution in [3.63, 3.8) is 0 Å². The van der Waals surface area contributed by atoms with Crippen LogP contribution in [0.1, 0.15) is 75.1 Å². The summed E-state index contributed by atoms with van der Waals surface area (Å²) in [5.74, 6) is -0.269. The van der Waals surface area contributed by atoms with E-state index in [9.17, 15) is 19.8 Å². The van der Waals surface area contributed by atoms with E-state index in [-0.39, 0.29) is 12.0 Å². The number of methoxy groups -OCH3 is 1. The van der Waals surface area contributed by atoms with Crippen LogP contribution in [0.4, 0.5) is 5.69 Å². The highest BCUT2D eigenvalue weighted by Gasteiger charge is 2.29. The Labute approximate surface area is 300 Å². The number of aliphatic hydroxyl groups is 1. The van der Waals surface area contributed by atoms with Crippen molar-refractivity contribution in [1.29, 1.82) is 0 Å². The van der Waals surface area contributed by atoms with Gasteiger partial charge in [-0.3, -0.25) is 24.4 Å². The van der Waals surface area contributed by atoms with Crippen LogP contribution >= 0.6 is 0 Å². The van der Waals surface area contributed by atoms with Crippen LogP contribution in [0.3, 0.4) is 0 Å². The van der Waals surface area contributed by atoms with Gasteiger partial charge in [-0.2, -0.15) is 0 Å². The Morgan fingerprint density at radius 2 is 1.69 bits per heavy atom. The standard InChI is InChI=1S/C42H48N4O5/c1-27-21-33(25-46-19-6-5-13-39(46)42(49)50)40(51-4)22-32(27)16-15-31-9-7-10-35(28(31)2)36-11-8-12-37(29(36)3)44-41(48)38-17-14-30(23-43-38)24-45-20-18-34(47)26-45/h7-12,14-17,21-23,34,39,47H,5-6,13,18-20,24-26H2,1-4H3,(H,44,48)(H,49,50)/b16-15+/t34-,39+/m1/s1. The lowest BCUT2D eigenvalue weighted by Gasteiger charge is -2.33. The molecule has 0 saturated carbocycles. The molecule has 0 spiro atoms. The van der Waals surface area contributed by atoms with E-state index in [2.05, 4.69) is 71.5 Å². The first-order valence-corrected chi connectivity index (χ1v) is 17.8. The number of carbonyl (C=O) groups excluding carboxylic acids is 1. The van der Waals surface area contributed by atoms with Crippen LogP contribution in [0.2, 0.25) is 0 Å². The minimum absolute atomic E-state index is 0.263. The van der Waals surface area contributed by atoms with Gasteiger partial charge in [-0.05, 0) is 109 Å². The molecule has 6 rings (SSSR count). The summed E-state index contributed by atoms with van der Waals surface area (Å²) in [6.07, 6.45) is 9.10. The van der Waals surface area contributed by atoms with E-state index >= 15 is 0 Å². The number of carbonyl (C=O) groups is 2. The Morgan fingerprint density at radius 1 is 0.922 bits per heavy atom. The number of amides is 1. The number of nitrogens with zero attached hydrogens (tertiary/aromatic N) is 3. The summed E-state index contributed by atoms with van der Waals surface area (Å²) in [6.45, 7) is 9.74. The largest absolute Gasteiger partial charge is 0.496 e. The zero-order valence-corrected chi connectivity index (χ0v) is 30.0. The Hall–Kier alpha value is -4.83. The van der Waals surface area contributed by atoms with Crippen molar-refractivity contribution in [3.05, 3.63) is 111 Å². The molecule has 2 saturated heterocycles. The van der Waals surface area contributed by atoms with Crippen LogP contribution in [0.15, 0.2) is 66.9 Å². The molecule has 2 fully saturated rings. The number of anilines is 1. The highest BCUT2D eigenvalue weighted by molar-refractivity contribution is 6.03. The van der Waals surface area contributed by atoms with E-state index in [0.29, 0.717) is 31.7 Å². The van der Waals surface area contributed by atoms with Crippen molar-refractivity contribution in [2.75, 3.05) is 32.1 Å². The van der Waals surface area contributed by atoms with Crippen molar-refractivity contribution in [2.24, 2.45) is 0 Å². The van der Waals surface area contributed by atoms with Crippen molar-refractivity contribution in [3.8, 4) is 16.9 Å². The quantitative estimate of drug-likeness (QED) is 0.143. The summed E-state index contributed by atoms with van der Waals surface area (Å²) in [4.78, 5) is 33.8. The summed E-state index contributed by atoms with van der Waals surface area (Å²) < 4.78 is 5.79. The molecule has 0 bridgehead atoms. The molecule has 2 atom stereocenters. The van der Waals surface area contributed by atoms with Gasteiger partial charge >= 0.3 is 5.97 Å². The van der Waals surface area contributed by atoms with Crippen LogP contribution in [-0.2, 0) is 17.9 Å². The third-order valence-electron chi connectivity index (χ3n) is 10.3. The number of hydrogen-bond acceptors (Lipinski definition) is 7. The molecule has 1 amide bonds. The molecular formula is C42H48N4O5. The smallest absolute Gasteiger partial charge is 0.320 e. The summed E-state index contributed by atoms with van der Waals surface area (Å²) in [5, 5.41) is 22.6. The molecule has 51 heavy (non-hydrogen) atoms. The van der Waals surface area contributed by atoms with Gasteiger partial charge in [-0.25, -0.2) is 0 Å². The Bertz CT molecular complexity index is 1920. The molecule has 2 aliphatic rings. The number of β-amino-alcohol motifs (C(OH)–C–C–N with tert-alkyl or cyclic N) is 1. The third-order valence-corrected chi connectivity index (χ3v) is 10.3. The highest BCUT2D eigenvalue weighted by Crippen LogP contribution is 2.34. The van der Waals surface area contributed by atoms with Gasteiger partial charge in [0, 0.05) is 43.6 Å². The first kappa shape index (κ1) is 36.0. The molecule has 9 heteroatoms. The summed E-state index contributed by atoms with van der Waals surface area (Å²) in [6, 6.07) is 19.6. The molecule has 1 aromatic heterocycles. The summed E-state index contributed by atoms with van der Waals surface area (Å²) >= 11 is 0. The number of nitrogens with one attached hydrogen (secondary N) is 1. The number of aliphatic hydroxyl groups excluding tert-OH is 1. The topological polar surface area (TPSA) is 115 Å². The zero-order valence-electron chi connectivity index (χ0n) is 30.0. The van der Waals surface area contributed by atoms with Gasteiger partial charge in [0.25, 0.3) is 5.91 Å². The number of aliphatic carboxylic acids is 1. The minimum Gasteiger partial charge on any atom is -0.496 e. The number of pyridine rings is 1. The average molecular weight is 689 g/mol. The Balaban J connectivity index is 1.17. The molecule has 3 heterocycles. The van der Waals surface area contributed by atoms with Gasteiger partial charge in [-0.1, -0.05) is 61.0 Å². The molecule has 0 unspecified atom stereocenters. The van der Waals surface area contributed by atoms with Crippen molar-refractivity contribution < 1.29 is 24.5 Å². The van der Waals surface area contributed by atoms with Crippen molar-refractivity contribution in [2.45, 2.75) is 71.7 Å². The lowest BCUT2D eigenvalue weighted by molar-refractivity contribution is -0.144. The lowest BCUT2D eigenvalue weighted by atomic mass is 9.92. The predicted molar refractivity (Wildman–Crippen MR) is 202 cm³/mol. The molecule has 9 nitrogen and oxygen atoms in total. The fraction of sp³-hybridized carbons (Fsp3) is 0.357. The molecule has 3 aromatic carbocycles. The Morgan fingerprint density at radius 3 is 2.39 bits per heavy atom. The number of carboxylic acids is 1. The number of piperidine rings is 1. The number of likely N-dealkylation sites (tertiary alicyclic amines) is 2. The molecule has 4 aromatic rings. The second-order valence-electron chi connectivity index (χ2n) is 13.9. The predicted octanol–water partition coefficient (Wildman–Crippen LogP) is 7.11. The summed E-state index contributed by atoms with van der Waals surface area (Å²) in [5.41, 5.74) is 10.5.